The molecule has 1 aromatic rings. The number of halogens is 3. The molecule has 1 aromatic carbocycles. The molecule has 0 aromatic heterocycles. The fourth-order valence-electron chi connectivity index (χ4n) is 1.21. The Balaban J connectivity index is 2.60. The van der Waals surface area contributed by atoms with Crippen LogP contribution in [0.15, 0.2) is 36.4 Å². The van der Waals surface area contributed by atoms with Crippen LogP contribution in [0.1, 0.15) is 18.1 Å². The molecule has 0 aliphatic rings. The summed E-state index contributed by atoms with van der Waals surface area (Å²) in [5, 5.41) is 2.55. The fraction of sp³-hybridized carbons (Fsp3) is 0.250. The molecular formula is C12H12F3NO. The average molecular weight is 243 g/mol. The second kappa shape index (κ2) is 5.52. The smallest absolute Gasteiger partial charge is 0.348 e. The molecule has 0 aliphatic heterocycles. The number of carbonyl (C=O) groups is 1. The van der Waals surface area contributed by atoms with Crippen LogP contribution in [0.4, 0.5) is 13.2 Å². The van der Waals surface area contributed by atoms with Gasteiger partial charge in [0.15, 0.2) is 0 Å². The molecule has 1 rings (SSSR count). The first kappa shape index (κ1) is 13.3. The summed E-state index contributed by atoms with van der Waals surface area (Å²) in [6, 6.07) is 4.69. The van der Waals surface area contributed by atoms with E-state index in [0.29, 0.717) is 5.56 Å². The van der Waals surface area contributed by atoms with Gasteiger partial charge in [0.2, 0.25) is 5.91 Å². The molecule has 17 heavy (non-hydrogen) atoms. The molecule has 0 bridgehead atoms. The third-order valence-corrected chi connectivity index (χ3v) is 2.07. The molecule has 1 amide bonds. The molecule has 0 unspecified atom stereocenters. The highest BCUT2D eigenvalue weighted by Gasteiger charge is 2.29. The van der Waals surface area contributed by atoms with Gasteiger partial charge in [0.05, 0.1) is 5.56 Å². The van der Waals surface area contributed by atoms with Gasteiger partial charge in [-0.15, -0.1) is 0 Å². The zero-order chi connectivity index (χ0) is 12.9. The first-order valence-electron chi connectivity index (χ1n) is 5.00. The summed E-state index contributed by atoms with van der Waals surface area (Å²) in [4.78, 5) is 11.1. The quantitative estimate of drug-likeness (QED) is 0.812. The molecule has 0 saturated heterocycles. The van der Waals surface area contributed by atoms with Crippen molar-refractivity contribution >= 4 is 5.91 Å². The van der Waals surface area contributed by atoms with Gasteiger partial charge in [0.25, 0.3) is 0 Å². The molecule has 0 saturated carbocycles. The van der Waals surface area contributed by atoms with E-state index in [0.717, 1.165) is 12.1 Å². The molecule has 0 aliphatic carbocycles. The predicted molar refractivity (Wildman–Crippen MR) is 58.1 cm³/mol. The minimum Gasteiger partial charge on any atom is -0.348 e. The summed E-state index contributed by atoms with van der Waals surface area (Å²) in [5.41, 5.74) is -0.0723. The lowest BCUT2D eigenvalue weighted by Gasteiger charge is -2.07. The lowest BCUT2D eigenvalue weighted by molar-refractivity contribution is -0.137. The van der Waals surface area contributed by atoms with Crippen LogP contribution < -0.4 is 5.32 Å². The minimum absolute atomic E-state index is 0.210. The maximum absolute atomic E-state index is 12.3. The van der Waals surface area contributed by atoms with Crippen LogP contribution in [0.2, 0.25) is 0 Å². The highest BCUT2D eigenvalue weighted by atomic mass is 19.4. The molecule has 2 nitrogen and oxygen atoms in total. The van der Waals surface area contributed by atoms with E-state index in [1.54, 1.807) is 13.0 Å². The molecule has 5 heteroatoms. The van der Waals surface area contributed by atoms with Crippen molar-refractivity contribution in [3.05, 3.63) is 47.5 Å². The van der Waals surface area contributed by atoms with Gasteiger partial charge in [0.1, 0.15) is 0 Å². The van der Waals surface area contributed by atoms with E-state index < -0.39 is 11.7 Å². The zero-order valence-corrected chi connectivity index (χ0v) is 9.21. The summed E-state index contributed by atoms with van der Waals surface area (Å²) in [5.74, 6) is -0.271. The van der Waals surface area contributed by atoms with Crippen LogP contribution in [0.25, 0.3) is 0 Å². The first-order chi connectivity index (χ1) is 7.93. The van der Waals surface area contributed by atoms with Crippen molar-refractivity contribution in [2.45, 2.75) is 19.6 Å². The Labute approximate surface area is 97.1 Å². The van der Waals surface area contributed by atoms with Crippen molar-refractivity contribution in [2.24, 2.45) is 0 Å². The Morgan fingerprint density at radius 1 is 1.29 bits per heavy atom. The maximum atomic E-state index is 12.3. The maximum Gasteiger partial charge on any atom is 0.416 e. The highest BCUT2D eigenvalue weighted by molar-refractivity contribution is 5.87. The Morgan fingerprint density at radius 3 is 2.35 bits per heavy atom. The predicted octanol–water partition coefficient (Wildman–Crippen LogP) is 2.90. The number of benzene rings is 1. The van der Waals surface area contributed by atoms with Gasteiger partial charge in [-0.1, -0.05) is 18.2 Å². The van der Waals surface area contributed by atoms with Crippen LogP contribution in [0.3, 0.4) is 0 Å². The average Bonchev–Trinajstić information content (AvgIpc) is 2.26. The number of carbonyl (C=O) groups excluding carboxylic acids is 1. The van der Waals surface area contributed by atoms with Gasteiger partial charge in [-0.25, -0.2) is 0 Å². The van der Waals surface area contributed by atoms with Gasteiger partial charge in [-0.2, -0.15) is 13.2 Å². The van der Waals surface area contributed by atoms with Crippen LogP contribution in [-0.4, -0.2) is 5.91 Å². The number of hydrogen-bond donors (Lipinski definition) is 1. The number of alkyl halides is 3. The topological polar surface area (TPSA) is 29.1 Å². The number of rotatable bonds is 3. The highest BCUT2D eigenvalue weighted by Crippen LogP contribution is 2.28. The summed E-state index contributed by atoms with van der Waals surface area (Å²) >= 11 is 0. The first-order valence-corrected chi connectivity index (χ1v) is 5.00. The van der Waals surface area contributed by atoms with E-state index in [9.17, 15) is 18.0 Å². The van der Waals surface area contributed by atoms with Crippen LogP contribution in [0, 0.1) is 0 Å². The molecular weight excluding hydrogens is 231 g/mol. The Hall–Kier alpha value is -1.78. The number of hydrogen-bond acceptors (Lipinski definition) is 1. The molecule has 0 heterocycles. The van der Waals surface area contributed by atoms with Gasteiger partial charge < -0.3 is 5.32 Å². The van der Waals surface area contributed by atoms with E-state index >= 15 is 0 Å². The van der Waals surface area contributed by atoms with E-state index in [1.165, 1.54) is 18.2 Å². The number of nitrogens with one attached hydrogen (secondary N) is 1. The molecule has 0 spiro atoms. The molecule has 0 fully saturated rings. The fourth-order valence-corrected chi connectivity index (χ4v) is 1.21. The van der Waals surface area contributed by atoms with E-state index in [4.69, 9.17) is 0 Å². The third kappa shape index (κ3) is 4.30. The summed E-state index contributed by atoms with van der Waals surface area (Å²) in [6.07, 6.45) is -1.39. The van der Waals surface area contributed by atoms with Crippen molar-refractivity contribution in [3.8, 4) is 0 Å². The summed E-state index contributed by atoms with van der Waals surface area (Å²) < 4.78 is 36.8. The van der Waals surface area contributed by atoms with Gasteiger partial charge in [0, 0.05) is 6.54 Å². The van der Waals surface area contributed by atoms with Crippen LogP contribution in [-0.2, 0) is 17.5 Å². The van der Waals surface area contributed by atoms with Crippen molar-refractivity contribution in [2.75, 3.05) is 0 Å². The van der Waals surface area contributed by atoms with E-state index in [2.05, 4.69) is 5.32 Å². The second-order valence-corrected chi connectivity index (χ2v) is 3.41. The Morgan fingerprint density at radius 2 is 1.88 bits per heavy atom. The second-order valence-electron chi connectivity index (χ2n) is 3.41. The molecule has 1 N–H and O–H groups in total. The monoisotopic (exact) mass is 243 g/mol. The molecule has 0 atom stereocenters. The standard InChI is InChI=1S/C12H12F3NO/c1-2-3-11(17)16-8-9-4-6-10(7-5-9)12(13,14)15/h2-7H,8H2,1H3,(H,16,17)/b3-2+. The van der Waals surface area contributed by atoms with Crippen LogP contribution >= 0.6 is 0 Å². The largest absolute Gasteiger partial charge is 0.416 e. The van der Waals surface area contributed by atoms with Gasteiger partial charge in [-0.3, -0.25) is 4.79 Å². The van der Waals surface area contributed by atoms with Crippen molar-refractivity contribution in [1.29, 1.82) is 0 Å². The number of allylic oxidation sites excluding steroid dienone is 1. The SMILES string of the molecule is C/C=C/C(=O)NCc1ccc(C(F)(F)F)cc1. The van der Waals surface area contributed by atoms with E-state index in [-0.39, 0.29) is 12.5 Å². The molecule has 0 radical (unpaired) electrons. The van der Waals surface area contributed by atoms with Gasteiger partial charge in [-0.05, 0) is 30.7 Å². The summed E-state index contributed by atoms with van der Waals surface area (Å²) in [6.45, 7) is 1.92. The van der Waals surface area contributed by atoms with E-state index in [1.807, 2.05) is 0 Å². The van der Waals surface area contributed by atoms with Crippen molar-refractivity contribution in [3.63, 3.8) is 0 Å². The van der Waals surface area contributed by atoms with Gasteiger partial charge >= 0.3 is 6.18 Å². The zero-order valence-electron chi connectivity index (χ0n) is 9.21. The Kier molecular flexibility index (Phi) is 4.31. The van der Waals surface area contributed by atoms with Crippen LogP contribution in [0.5, 0.6) is 0 Å². The molecule has 92 valence electrons. The van der Waals surface area contributed by atoms with Crippen molar-refractivity contribution < 1.29 is 18.0 Å². The number of amides is 1. The van der Waals surface area contributed by atoms with Crippen molar-refractivity contribution in [1.82, 2.24) is 5.32 Å². The Bertz CT molecular complexity index is 407. The lowest BCUT2D eigenvalue weighted by Crippen LogP contribution is -2.20. The normalized spacial score (nSPS) is 11.8. The minimum atomic E-state index is -4.33. The lowest BCUT2D eigenvalue weighted by atomic mass is 10.1. The summed E-state index contributed by atoms with van der Waals surface area (Å²) in [7, 11) is 0. The third-order valence-electron chi connectivity index (χ3n) is 2.07.